The Hall–Kier alpha value is -2.63. The molecular formula is C13H10N4O2. The number of hydrogen-bond acceptors (Lipinski definition) is 3. The highest BCUT2D eigenvalue weighted by molar-refractivity contribution is 5.92. The van der Waals surface area contributed by atoms with E-state index in [-0.39, 0.29) is 10.6 Å². The van der Waals surface area contributed by atoms with Crippen molar-refractivity contribution >= 4 is 16.6 Å². The van der Waals surface area contributed by atoms with Gasteiger partial charge in [-0.25, -0.2) is 0 Å². The number of nitro groups is 1. The van der Waals surface area contributed by atoms with Crippen molar-refractivity contribution in [1.82, 2.24) is 15.2 Å². The van der Waals surface area contributed by atoms with Crippen LogP contribution in [0.4, 0.5) is 5.69 Å². The highest BCUT2D eigenvalue weighted by atomic mass is 16.6. The predicted molar refractivity (Wildman–Crippen MR) is 69.9 cm³/mol. The third-order valence-corrected chi connectivity index (χ3v) is 3.70. The van der Waals surface area contributed by atoms with Crippen LogP contribution in [0.5, 0.6) is 0 Å². The van der Waals surface area contributed by atoms with Gasteiger partial charge in [-0.3, -0.25) is 15.2 Å². The molecule has 1 aliphatic rings. The first-order chi connectivity index (χ1) is 9.24. The van der Waals surface area contributed by atoms with Gasteiger partial charge >= 0.3 is 0 Å². The Morgan fingerprint density at radius 3 is 3.05 bits per heavy atom. The molecule has 4 rings (SSSR count). The van der Waals surface area contributed by atoms with Crippen LogP contribution >= 0.6 is 0 Å². The molecule has 1 aliphatic carbocycles. The fourth-order valence-electron chi connectivity index (χ4n) is 2.79. The van der Waals surface area contributed by atoms with Gasteiger partial charge in [0.15, 0.2) is 0 Å². The molecule has 0 aliphatic heterocycles. The van der Waals surface area contributed by atoms with E-state index < -0.39 is 0 Å². The smallest absolute Gasteiger partial charge is 0.270 e. The largest absolute Gasteiger partial charge is 0.353 e. The Kier molecular flexibility index (Phi) is 1.87. The molecule has 6 nitrogen and oxygen atoms in total. The maximum Gasteiger partial charge on any atom is 0.270 e. The van der Waals surface area contributed by atoms with E-state index in [2.05, 4.69) is 15.2 Å². The number of nitrogens with one attached hydrogen (secondary N) is 2. The van der Waals surface area contributed by atoms with Gasteiger partial charge in [0.25, 0.3) is 5.69 Å². The molecule has 2 N–H and O–H groups in total. The number of hydrogen-bond donors (Lipinski definition) is 2. The molecule has 0 bridgehead atoms. The second-order valence-electron chi connectivity index (χ2n) is 4.72. The monoisotopic (exact) mass is 254 g/mol. The van der Waals surface area contributed by atoms with Crippen LogP contribution in [0.15, 0.2) is 24.4 Å². The molecule has 6 heteroatoms. The molecule has 0 spiro atoms. The van der Waals surface area contributed by atoms with Crippen molar-refractivity contribution in [2.75, 3.05) is 0 Å². The van der Waals surface area contributed by atoms with Crippen molar-refractivity contribution in [2.45, 2.75) is 12.8 Å². The van der Waals surface area contributed by atoms with E-state index in [9.17, 15) is 10.1 Å². The van der Waals surface area contributed by atoms with Crippen molar-refractivity contribution in [3.8, 4) is 11.4 Å². The standard InChI is InChI=1S/C13H10N4O2/c18-17(19)8-2-4-11-10(5-8)9-3-1-7-6-14-16-12(7)13(9)15-11/h2,4-6,15H,1,3H2,(H,14,16). The van der Waals surface area contributed by atoms with Crippen molar-refractivity contribution in [3.63, 3.8) is 0 Å². The van der Waals surface area contributed by atoms with Crippen LogP contribution in [0.25, 0.3) is 22.3 Å². The predicted octanol–water partition coefficient (Wildman–Crippen LogP) is 2.56. The fraction of sp³-hybridized carbons (Fsp3) is 0.154. The number of H-pyrrole nitrogens is 2. The van der Waals surface area contributed by atoms with Gasteiger partial charge in [-0.05, 0) is 30.0 Å². The summed E-state index contributed by atoms with van der Waals surface area (Å²) in [5.74, 6) is 0. The number of rotatable bonds is 1. The maximum absolute atomic E-state index is 10.9. The summed E-state index contributed by atoms with van der Waals surface area (Å²) in [6.07, 6.45) is 3.70. The Balaban J connectivity index is 2.03. The molecule has 0 radical (unpaired) electrons. The number of fused-ring (bicyclic) bond motifs is 5. The van der Waals surface area contributed by atoms with Crippen LogP contribution in [-0.4, -0.2) is 20.1 Å². The average Bonchev–Trinajstić information content (AvgIpc) is 3.01. The molecule has 0 atom stereocenters. The molecule has 0 fully saturated rings. The first-order valence-electron chi connectivity index (χ1n) is 6.06. The molecule has 0 unspecified atom stereocenters. The summed E-state index contributed by atoms with van der Waals surface area (Å²) in [4.78, 5) is 13.8. The molecule has 94 valence electrons. The molecule has 3 aromatic rings. The lowest BCUT2D eigenvalue weighted by atomic mass is 9.94. The third kappa shape index (κ3) is 1.33. The Morgan fingerprint density at radius 2 is 2.21 bits per heavy atom. The SMILES string of the molecule is O=[N+]([O-])c1ccc2[nH]c3c(c2c1)CCc1c[nH]nc1-3. The van der Waals surface area contributed by atoms with Crippen LogP contribution in [0.1, 0.15) is 11.1 Å². The zero-order valence-corrected chi connectivity index (χ0v) is 9.93. The number of nitro benzene ring substituents is 1. The summed E-state index contributed by atoms with van der Waals surface area (Å²) < 4.78 is 0. The second kappa shape index (κ2) is 3.44. The summed E-state index contributed by atoms with van der Waals surface area (Å²) in [7, 11) is 0. The first kappa shape index (κ1) is 10.3. The first-order valence-corrected chi connectivity index (χ1v) is 6.06. The van der Waals surface area contributed by atoms with Crippen LogP contribution in [0.3, 0.4) is 0 Å². The normalized spacial score (nSPS) is 13.3. The minimum Gasteiger partial charge on any atom is -0.353 e. The van der Waals surface area contributed by atoms with Gasteiger partial charge in [0.1, 0.15) is 5.69 Å². The number of aromatic amines is 2. The fourth-order valence-corrected chi connectivity index (χ4v) is 2.79. The minimum absolute atomic E-state index is 0.127. The van der Waals surface area contributed by atoms with Gasteiger partial charge in [0.05, 0.1) is 10.6 Å². The van der Waals surface area contributed by atoms with Crippen LogP contribution in [0.2, 0.25) is 0 Å². The lowest BCUT2D eigenvalue weighted by Gasteiger charge is -2.10. The van der Waals surface area contributed by atoms with Crippen LogP contribution < -0.4 is 0 Å². The second-order valence-corrected chi connectivity index (χ2v) is 4.72. The zero-order chi connectivity index (χ0) is 13.0. The number of nitrogens with zero attached hydrogens (tertiary/aromatic N) is 2. The van der Waals surface area contributed by atoms with Crippen LogP contribution in [0, 0.1) is 10.1 Å². The van der Waals surface area contributed by atoms with Gasteiger partial charge in [0.2, 0.25) is 0 Å². The van der Waals surface area contributed by atoms with E-state index in [1.54, 1.807) is 12.1 Å². The molecule has 19 heavy (non-hydrogen) atoms. The highest BCUT2D eigenvalue weighted by Gasteiger charge is 2.23. The van der Waals surface area contributed by atoms with Crippen molar-refractivity contribution in [1.29, 1.82) is 0 Å². The summed E-state index contributed by atoms with van der Waals surface area (Å²) in [6, 6.07) is 4.93. The van der Waals surface area contributed by atoms with E-state index in [1.165, 1.54) is 11.6 Å². The van der Waals surface area contributed by atoms with Gasteiger partial charge in [-0.15, -0.1) is 0 Å². The molecule has 0 amide bonds. The molecule has 0 saturated carbocycles. The van der Waals surface area contributed by atoms with E-state index in [0.717, 1.165) is 40.7 Å². The van der Waals surface area contributed by atoms with E-state index in [4.69, 9.17) is 0 Å². The van der Waals surface area contributed by atoms with Crippen molar-refractivity contribution in [2.24, 2.45) is 0 Å². The average molecular weight is 254 g/mol. The topological polar surface area (TPSA) is 87.6 Å². The lowest BCUT2D eigenvalue weighted by Crippen LogP contribution is -2.00. The number of aromatic nitrogens is 3. The van der Waals surface area contributed by atoms with Gasteiger partial charge in [0, 0.05) is 29.2 Å². The molecule has 2 heterocycles. The third-order valence-electron chi connectivity index (χ3n) is 3.70. The quantitative estimate of drug-likeness (QED) is 0.516. The highest BCUT2D eigenvalue weighted by Crippen LogP contribution is 2.37. The Morgan fingerprint density at radius 1 is 1.32 bits per heavy atom. The summed E-state index contributed by atoms with van der Waals surface area (Å²) in [5, 5.41) is 18.9. The zero-order valence-electron chi connectivity index (χ0n) is 9.93. The van der Waals surface area contributed by atoms with E-state index >= 15 is 0 Å². The maximum atomic E-state index is 10.9. The Labute approximate surface area is 107 Å². The number of non-ortho nitro benzene ring substituents is 1. The van der Waals surface area contributed by atoms with Crippen molar-refractivity contribution in [3.05, 3.63) is 45.6 Å². The number of benzene rings is 1. The Bertz CT molecular complexity index is 815. The molecule has 1 aromatic carbocycles. The van der Waals surface area contributed by atoms with Gasteiger partial charge in [-0.2, -0.15) is 5.10 Å². The molecule has 2 aromatic heterocycles. The van der Waals surface area contributed by atoms with E-state index in [0.29, 0.717) is 0 Å². The van der Waals surface area contributed by atoms with Crippen molar-refractivity contribution < 1.29 is 4.92 Å². The molecular weight excluding hydrogens is 244 g/mol. The number of aryl methyl sites for hydroxylation is 2. The summed E-state index contributed by atoms with van der Waals surface area (Å²) in [5.41, 5.74) is 5.28. The molecule has 0 saturated heterocycles. The van der Waals surface area contributed by atoms with Gasteiger partial charge in [-0.1, -0.05) is 0 Å². The van der Waals surface area contributed by atoms with Crippen LogP contribution in [-0.2, 0) is 12.8 Å². The van der Waals surface area contributed by atoms with E-state index in [1.807, 2.05) is 6.20 Å². The lowest BCUT2D eigenvalue weighted by molar-refractivity contribution is -0.384. The minimum atomic E-state index is -0.359. The van der Waals surface area contributed by atoms with Gasteiger partial charge < -0.3 is 4.98 Å². The summed E-state index contributed by atoms with van der Waals surface area (Å²) >= 11 is 0. The summed E-state index contributed by atoms with van der Waals surface area (Å²) in [6.45, 7) is 0.